The van der Waals surface area contributed by atoms with Gasteiger partial charge in [0.15, 0.2) is 0 Å². The molecule has 3 N–H and O–H groups in total. The number of nitrogens with two attached hydrogens (primary N) is 1. The Morgan fingerprint density at radius 1 is 1.33 bits per heavy atom. The van der Waals surface area contributed by atoms with E-state index in [0.717, 1.165) is 5.69 Å². The third kappa shape index (κ3) is 2.78. The average molecular weight is 262 g/mol. The molecule has 1 heterocycles. The molecular formula is C13H12ClN3O. The number of hydrogen-bond acceptors (Lipinski definition) is 3. The summed E-state index contributed by atoms with van der Waals surface area (Å²) in [5, 5.41) is 3.10. The molecule has 2 aromatic rings. The van der Waals surface area contributed by atoms with Crippen LogP contribution in [0, 0.1) is 6.92 Å². The Bertz CT molecular complexity index is 581. The number of pyridine rings is 1. The van der Waals surface area contributed by atoms with Gasteiger partial charge < -0.3 is 11.1 Å². The van der Waals surface area contributed by atoms with Crippen molar-refractivity contribution >= 4 is 28.9 Å². The van der Waals surface area contributed by atoms with Crippen LogP contribution in [0.15, 0.2) is 36.5 Å². The second kappa shape index (κ2) is 5.06. The van der Waals surface area contributed by atoms with Crippen LogP contribution in [0.25, 0.3) is 0 Å². The summed E-state index contributed by atoms with van der Waals surface area (Å²) in [6.45, 7) is 1.88. The van der Waals surface area contributed by atoms with Crippen molar-refractivity contribution < 1.29 is 4.79 Å². The zero-order valence-corrected chi connectivity index (χ0v) is 10.5. The third-order valence-electron chi connectivity index (χ3n) is 2.43. The number of aryl methyl sites for hydroxylation is 1. The minimum absolute atomic E-state index is 0.248. The highest BCUT2D eigenvalue weighted by molar-refractivity contribution is 6.33. The second-order valence-corrected chi connectivity index (χ2v) is 4.29. The van der Waals surface area contributed by atoms with Crippen molar-refractivity contribution in [3.63, 3.8) is 0 Å². The number of hydrogen-bond donors (Lipinski definition) is 2. The molecule has 1 amide bonds. The first kappa shape index (κ1) is 12.4. The van der Waals surface area contributed by atoms with Crippen molar-refractivity contribution in [1.82, 2.24) is 4.98 Å². The summed E-state index contributed by atoms with van der Waals surface area (Å²) in [7, 11) is 0. The fourth-order valence-corrected chi connectivity index (χ4v) is 1.59. The number of carbonyl (C=O) groups excluding carboxylic acids is 1. The van der Waals surface area contributed by atoms with E-state index in [2.05, 4.69) is 10.3 Å². The van der Waals surface area contributed by atoms with Crippen LogP contribution in [0.4, 0.5) is 11.4 Å². The van der Waals surface area contributed by atoms with Crippen LogP contribution in [-0.4, -0.2) is 10.9 Å². The number of carbonyl (C=O) groups is 1. The molecule has 0 unspecified atom stereocenters. The van der Waals surface area contributed by atoms with Crippen molar-refractivity contribution in [3.8, 4) is 0 Å². The first-order chi connectivity index (χ1) is 8.56. The first-order valence-corrected chi connectivity index (χ1v) is 5.73. The number of halogens is 1. The highest BCUT2D eigenvalue weighted by Crippen LogP contribution is 2.20. The molecule has 0 aliphatic rings. The third-order valence-corrected chi connectivity index (χ3v) is 2.76. The molecule has 0 atom stereocenters. The summed E-state index contributed by atoms with van der Waals surface area (Å²) in [5.41, 5.74) is 8.02. The maximum Gasteiger partial charge on any atom is 0.255 e. The van der Waals surface area contributed by atoms with Crippen LogP contribution >= 0.6 is 11.6 Å². The number of rotatable bonds is 2. The number of nitrogens with one attached hydrogen (secondary N) is 1. The topological polar surface area (TPSA) is 68.0 Å². The molecule has 0 bridgehead atoms. The second-order valence-electron chi connectivity index (χ2n) is 3.88. The SMILES string of the molecule is Cc1ccc(NC(=O)c2ccc(N)c(Cl)c2)cn1. The number of aromatic nitrogens is 1. The molecule has 0 fully saturated rings. The van der Waals surface area contributed by atoms with Gasteiger partial charge in [0.05, 0.1) is 22.6 Å². The van der Waals surface area contributed by atoms with Gasteiger partial charge in [-0.05, 0) is 37.3 Å². The van der Waals surface area contributed by atoms with Crippen LogP contribution in [0.1, 0.15) is 16.1 Å². The zero-order chi connectivity index (χ0) is 13.1. The monoisotopic (exact) mass is 261 g/mol. The van der Waals surface area contributed by atoms with Crippen LogP contribution in [0.2, 0.25) is 5.02 Å². The Morgan fingerprint density at radius 2 is 2.11 bits per heavy atom. The minimum atomic E-state index is -0.248. The van der Waals surface area contributed by atoms with Gasteiger partial charge in [-0.25, -0.2) is 0 Å². The van der Waals surface area contributed by atoms with Gasteiger partial charge in [0.1, 0.15) is 0 Å². The van der Waals surface area contributed by atoms with Gasteiger partial charge in [-0.1, -0.05) is 11.6 Å². The van der Waals surface area contributed by atoms with E-state index in [-0.39, 0.29) is 5.91 Å². The van der Waals surface area contributed by atoms with E-state index in [1.165, 1.54) is 6.07 Å². The molecule has 0 saturated heterocycles. The Morgan fingerprint density at radius 3 is 2.72 bits per heavy atom. The van der Waals surface area contributed by atoms with Crippen molar-refractivity contribution in [1.29, 1.82) is 0 Å². The lowest BCUT2D eigenvalue weighted by Crippen LogP contribution is -2.12. The van der Waals surface area contributed by atoms with E-state index < -0.39 is 0 Å². The van der Waals surface area contributed by atoms with Gasteiger partial charge in [0.2, 0.25) is 0 Å². The molecule has 5 heteroatoms. The zero-order valence-electron chi connectivity index (χ0n) is 9.77. The number of benzene rings is 1. The number of anilines is 2. The van der Waals surface area contributed by atoms with E-state index in [9.17, 15) is 4.79 Å². The van der Waals surface area contributed by atoms with Crippen molar-refractivity contribution in [2.45, 2.75) is 6.92 Å². The van der Waals surface area contributed by atoms with E-state index in [4.69, 9.17) is 17.3 Å². The summed E-state index contributed by atoms with van der Waals surface area (Å²) < 4.78 is 0. The molecule has 1 aromatic heterocycles. The van der Waals surface area contributed by atoms with Crippen LogP contribution < -0.4 is 11.1 Å². The van der Waals surface area contributed by atoms with Gasteiger partial charge >= 0.3 is 0 Å². The highest BCUT2D eigenvalue weighted by Gasteiger charge is 2.08. The maximum absolute atomic E-state index is 11.9. The first-order valence-electron chi connectivity index (χ1n) is 5.35. The van der Waals surface area contributed by atoms with E-state index in [1.807, 2.05) is 13.0 Å². The fraction of sp³-hybridized carbons (Fsp3) is 0.0769. The predicted octanol–water partition coefficient (Wildman–Crippen LogP) is 2.88. The molecule has 18 heavy (non-hydrogen) atoms. The summed E-state index contributed by atoms with van der Waals surface area (Å²) >= 11 is 5.86. The lowest BCUT2D eigenvalue weighted by atomic mass is 10.2. The van der Waals surface area contributed by atoms with Crippen LogP contribution in [0.5, 0.6) is 0 Å². The molecule has 2 rings (SSSR count). The molecule has 0 radical (unpaired) electrons. The van der Waals surface area contributed by atoms with E-state index >= 15 is 0 Å². The summed E-state index contributed by atoms with van der Waals surface area (Å²) in [4.78, 5) is 16.0. The molecule has 92 valence electrons. The lowest BCUT2D eigenvalue weighted by molar-refractivity contribution is 0.102. The normalized spacial score (nSPS) is 10.1. The lowest BCUT2D eigenvalue weighted by Gasteiger charge is -2.06. The Hall–Kier alpha value is -2.07. The minimum Gasteiger partial charge on any atom is -0.398 e. The van der Waals surface area contributed by atoms with Crippen LogP contribution in [0.3, 0.4) is 0 Å². The van der Waals surface area contributed by atoms with Crippen molar-refractivity contribution in [2.75, 3.05) is 11.1 Å². The van der Waals surface area contributed by atoms with Gasteiger partial charge in [-0.3, -0.25) is 9.78 Å². The van der Waals surface area contributed by atoms with Crippen molar-refractivity contribution in [3.05, 3.63) is 52.8 Å². The van der Waals surface area contributed by atoms with Gasteiger partial charge in [-0.2, -0.15) is 0 Å². The highest BCUT2D eigenvalue weighted by atomic mass is 35.5. The summed E-state index contributed by atoms with van der Waals surface area (Å²) in [5.74, 6) is -0.248. The Balaban J connectivity index is 2.16. The fourth-order valence-electron chi connectivity index (χ4n) is 1.41. The molecule has 4 nitrogen and oxygen atoms in total. The Labute approximate surface area is 110 Å². The Kier molecular flexibility index (Phi) is 3.48. The van der Waals surface area contributed by atoms with Gasteiger partial charge in [0, 0.05) is 11.3 Å². The summed E-state index contributed by atoms with van der Waals surface area (Å²) in [6, 6.07) is 8.38. The van der Waals surface area contributed by atoms with Gasteiger partial charge in [0.25, 0.3) is 5.91 Å². The molecule has 1 aromatic carbocycles. The van der Waals surface area contributed by atoms with E-state index in [0.29, 0.717) is 22.0 Å². The maximum atomic E-state index is 11.9. The average Bonchev–Trinajstić information content (AvgIpc) is 2.35. The molecule has 0 aliphatic carbocycles. The summed E-state index contributed by atoms with van der Waals surface area (Å²) in [6.07, 6.45) is 1.60. The number of nitrogens with zero attached hydrogens (tertiary/aromatic N) is 1. The smallest absolute Gasteiger partial charge is 0.255 e. The largest absolute Gasteiger partial charge is 0.398 e. The molecule has 0 spiro atoms. The molecular weight excluding hydrogens is 250 g/mol. The molecule has 0 saturated carbocycles. The number of nitrogen functional groups attached to an aromatic ring is 1. The number of amides is 1. The van der Waals surface area contributed by atoms with Crippen molar-refractivity contribution in [2.24, 2.45) is 0 Å². The standard InChI is InChI=1S/C13H12ClN3O/c1-8-2-4-10(7-16-8)17-13(18)9-3-5-12(15)11(14)6-9/h2-7H,15H2,1H3,(H,17,18). The van der Waals surface area contributed by atoms with E-state index in [1.54, 1.807) is 24.4 Å². The molecule has 0 aliphatic heterocycles. The van der Waals surface area contributed by atoms with Gasteiger partial charge in [-0.15, -0.1) is 0 Å². The quantitative estimate of drug-likeness (QED) is 0.817. The predicted molar refractivity (Wildman–Crippen MR) is 72.8 cm³/mol. The van der Waals surface area contributed by atoms with Crippen LogP contribution in [-0.2, 0) is 0 Å².